The van der Waals surface area contributed by atoms with Crippen molar-refractivity contribution in [1.82, 2.24) is 9.78 Å². The summed E-state index contributed by atoms with van der Waals surface area (Å²) in [5, 5.41) is 3.92. The monoisotopic (exact) mass is 164 g/mol. The minimum absolute atomic E-state index is 0.128. The Balaban J connectivity index is 2.59. The zero-order chi connectivity index (χ0) is 8.97. The lowest BCUT2D eigenvalue weighted by Crippen LogP contribution is -1.95. The van der Waals surface area contributed by atoms with Crippen LogP contribution in [0.4, 0.5) is 0 Å². The van der Waals surface area contributed by atoms with Crippen LogP contribution in [-0.2, 0) is 7.05 Å². The van der Waals surface area contributed by atoms with E-state index < -0.39 is 0 Å². The molecule has 3 nitrogen and oxygen atoms in total. The highest BCUT2D eigenvalue weighted by molar-refractivity contribution is 5.95. The molecule has 0 aliphatic rings. The van der Waals surface area contributed by atoms with E-state index in [4.69, 9.17) is 0 Å². The largest absolute Gasteiger partial charge is 0.294 e. The topological polar surface area (TPSA) is 34.9 Å². The molecule has 12 heavy (non-hydrogen) atoms. The Kier molecular flexibility index (Phi) is 2.80. The van der Waals surface area contributed by atoms with Crippen molar-refractivity contribution in [2.45, 2.75) is 12.8 Å². The molecule has 0 unspecified atom stereocenters. The molecule has 1 aromatic heterocycles. The van der Waals surface area contributed by atoms with Crippen LogP contribution in [0.1, 0.15) is 23.2 Å². The molecule has 3 heteroatoms. The van der Waals surface area contributed by atoms with E-state index in [9.17, 15) is 4.79 Å². The summed E-state index contributed by atoms with van der Waals surface area (Å²) in [4.78, 5) is 11.3. The van der Waals surface area contributed by atoms with Gasteiger partial charge < -0.3 is 0 Å². The van der Waals surface area contributed by atoms with Gasteiger partial charge in [-0.15, -0.1) is 6.58 Å². The summed E-state index contributed by atoms with van der Waals surface area (Å²) in [6.07, 6.45) is 6.31. The number of Topliss-reactive ketones (excluding diaryl/α,β-unsaturated/α-hetero) is 1. The van der Waals surface area contributed by atoms with Gasteiger partial charge in [-0.1, -0.05) is 6.08 Å². The summed E-state index contributed by atoms with van der Waals surface area (Å²) in [5.74, 6) is 0.128. The van der Waals surface area contributed by atoms with Gasteiger partial charge in [0, 0.05) is 19.7 Å². The lowest BCUT2D eigenvalue weighted by molar-refractivity contribution is 0.0983. The molecule has 1 rings (SSSR count). The molecule has 0 aliphatic carbocycles. The molecular weight excluding hydrogens is 152 g/mol. The maximum absolute atomic E-state index is 11.3. The molecule has 64 valence electrons. The third-order valence-electron chi connectivity index (χ3n) is 1.60. The highest BCUT2D eigenvalue weighted by atomic mass is 16.1. The first-order chi connectivity index (χ1) is 5.74. The molecule has 0 spiro atoms. The second kappa shape index (κ2) is 3.85. The predicted molar refractivity (Wildman–Crippen MR) is 47.0 cm³/mol. The van der Waals surface area contributed by atoms with Gasteiger partial charge in [-0.05, 0) is 6.42 Å². The zero-order valence-electron chi connectivity index (χ0n) is 7.16. The summed E-state index contributed by atoms with van der Waals surface area (Å²) in [6, 6.07) is 0. The Bertz CT molecular complexity index is 288. The SMILES string of the molecule is C=CCCC(=O)c1cnn(C)c1. The van der Waals surface area contributed by atoms with Gasteiger partial charge in [-0.3, -0.25) is 9.48 Å². The van der Waals surface area contributed by atoms with Crippen molar-refractivity contribution >= 4 is 5.78 Å². The van der Waals surface area contributed by atoms with E-state index in [1.165, 1.54) is 0 Å². The van der Waals surface area contributed by atoms with Crippen molar-refractivity contribution in [2.24, 2.45) is 7.05 Å². The predicted octanol–water partition coefficient (Wildman–Crippen LogP) is 1.57. The number of aromatic nitrogens is 2. The van der Waals surface area contributed by atoms with Crippen LogP contribution < -0.4 is 0 Å². The Labute approximate surface area is 71.7 Å². The fraction of sp³-hybridized carbons (Fsp3) is 0.333. The molecule has 0 aliphatic heterocycles. The van der Waals surface area contributed by atoms with Gasteiger partial charge in [0.05, 0.1) is 11.8 Å². The third kappa shape index (κ3) is 2.05. The van der Waals surface area contributed by atoms with E-state index in [1.54, 1.807) is 30.2 Å². The van der Waals surface area contributed by atoms with Crippen LogP contribution >= 0.6 is 0 Å². The molecule has 1 heterocycles. The Morgan fingerprint density at radius 1 is 1.83 bits per heavy atom. The first-order valence-corrected chi connectivity index (χ1v) is 3.87. The highest BCUT2D eigenvalue weighted by Gasteiger charge is 2.05. The summed E-state index contributed by atoms with van der Waals surface area (Å²) in [5.41, 5.74) is 0.680. The Morgan fingerprint density at radius 3 is 3.08 bits per heavy atom. The van der Waals surface area contributed by atoms with E-state index in [1.807, 2.05) is 0 Å². The van der Waals surface area contributed by atoms with Crippen LogP contribution in [0.2, 0.25) is 0 Å². The van der Waals surface area contributed by atoms with Crippen LogP contribution in [0.25, 0.3) is 0 Å². The number of carbonyl (C=O) groups excluding carboxylic acids is 1. The van der Waals surface area contributed by atoms with Crippen molar-refractivity contribution in [1.29, 1.82) is 0 Å². The zero-order valence-corrected chi connectivity index (χ0v) is 7.16. The molecule has 0 saturated heterocycles. The number of hydrogen-bond acceptors (Lipinski definition) is 2. The first-order valence-electron chi connectivity index (χ1n) is 3.87. The van der Waals surface area contributed by atoms with Crippen molar-refractivity contribution in [3.05, 3.63) is 30.6 Å². The van der Waals surface area contributed by atoms with Crippen molar-refractivity contribution in [2.75, 3.05) is 0 Å². The average molecular weight is 164 g/mol. The van der Waals surface area contributed by atoms with E-state index >= 15 is 0 Å². The lowest BCUT2D eigenvalue weighted by atomic mass is 10.1. The number of aryl methyl sites for hydroxylation is 1. The van der Waals surface area contributed by atoms with Gasteiger partial charge in [-0.25, -0.2) is 0 Å². The number of nitrogens with zero attached hydrogens (tertiary/aromatic N) is 2. The van der Waals surface area contributed by atoms with E-state index in [2.05, 4.69) is 11.7 Å². The first kappa shape index (κ1) is 8.71. The van der Waals surface area contributed by atoms with Crippen molar-refractivity contribution in [3.63, 3.8) is 0 Å². The van der Waals surface area contributed by atoms with Crippen LogP contribution in [0.15, 0.2) is 25.0 Å². The number of rotatable bonds is 4. The molecule has 0 bridgehead atoms. The molecule has 0 fully saturated rings. The molecule has 0 aromatic carbocycles. The van der Waals surface area contributed by atoms with E-state index in [0.717, 1.165) is 6.42 Å². The molecule has 1 aromatic rings. The number of allylic oxidation sites excluding steroid dienone is 1. The van der Waals surface area contributed by atoms with Crippen LogP contribution in [0, 0.1) is 0 Å². The molecule has 0 saturated carbocycles. The summed E-state index contributed by atoms with van der Waals surface area (Å²) >= 11 is 0. The maximum atomic E-state index is 11.3. The van der Waals surface area contributed by atoms with Gasteiger partial charge in [0.25, 0.3) is 0 Å². The standard InChI is InChI=1S/C9H12N2O/c1-3-4-5-9(12)8-6-10-11(2)7-8/h3,6-7H,1,4-5H2,2H3. The number of ketones is 1. The quantitative estimate of drug-likeness (QED) is 0.500. The van der Waals surface area contributed by atoms with Crippen LogP contribution in [0.3, 0.4) is 0 Å². The summed E-state index contributed by atoms with van der Waals surface area (Å²) < 4.78 is 1.63. The highest BCUT2D eigenvalue weighted by Crippen LogP contribution is 2.03. The fourth-order valence-electron chi connectivity index (χ4n) is 0.943. The van der Waals surface area contributed by atoms with Gasteiger partial charge >= 0.3 is 0 Å². The fourth-order valence-corrected chi connectivity index (χ4v) is 0.943. The second-order valence-electron chi connectivity index (χ2n) is 2.65. The molecule has 0 amide bonds. The molecular formula is C9H12N2O. The summed E-state index contributed by atoms with van der Waals surface area (Å²) in [6.45, 7) is 3.56. The molecule has 0 N–H and O–H groups in total. The molecule has 0 atom stereocenters. The molecule has 0 radical (unpaired) electrons. The van der Waals surface area contributed by atoms with Gasteiger partial charge in [-0.2, -0.15) is 5.10 Å². The van der Waals surface area contributed by atoms with E-state index in [0.29, 0.717) is 12.0 Å². The summed E-state index contributed by atoms with van der Waals surface area (Å²) in [7, 11) is 1.80. The third-order valence-corrected chi connectivity index (χ3v) is 1.60. The second-order valence-corrected chi connectivity index (χ2v) is 2.65. The minimum Gasteiger partial charge on any atom is -0.294 e. The van der Waals surface area contributed by atoms with Gasteiger partial charge in [0.2, 0.25) is 0 Å². The lowest BCUT2D eigenvalue weighted by Gasteiger charge is -1.91. The van der Waals surface area contributed by atoms with Crippen molar-refractivity contribution in [3.8, 4) is 0 Å². The van der Waals surface area contributed by atoms with Gasteiger partial charge in [0.15, 0.2) is 5.78 Å². The maximum Gasteiger partial charge on any atom is 0.166 e. The smallest absolute Gasteiger partial charge is 0.166 e. The van der Waals surface area contributed by atoms with Crippen LogP contribution in [0.5, 0.6) is 0 Å². The minimum atomic E-state index is 0.128. The van der Waals surface area contributed by atoms with Crippen LogP contribution in [-0.4, -0.2) is 15.6 Å². The van der Waals surface area contributed by atoms with E-state index in [-0.39, 0.29) is 5.78 Å². The Morgan fingerprint density at radius 2 is 2.58 bits per heavy atom. The van der Waals surface area contributed by atoms with Crippen molar-refractivity contribution < 1.29 is 4.79 Å². The number of carbonyl (C=O) groups is 1. The Hall–Kier alpha value is -1.38. The average Bonchev–Trinajstić information content (AvgIpc) is 2.47. The number of hydrogen-bond donors (Lipinski definition) is 0. The van der Waals surface area contributed by atoms with Gasteiger partial charge in [0.1, 0.15) is 0 Å². The normalized spacial score (nSPS) is 9.75.